The minimum absolute atomic E-state index is 0.0382. The number of methoxy groups -OCH3 is 3. The summed E-state index contributed by atoms with van der Waals surface area (Å²) in [5.41, 5.74) is 1.11. The molecule has 1 aliphatic rings. The molecule has 0 aliphatic carbocycles. The van der Waals surface area contributed by atoms with Crippen LogP contribution in [0.1, 0.15) is 28.6 Å². The van der Waals surface area contributed by atoms with Crippen molar-refractivity contribution in [3.63, 3.8) is 0 Å². The van der Waals surface area contributed by atoms with E-state index >= 15 is 0 Å². The molecule has 0 bridgehead atoms. The molecule has 2 heterocycles. The molecule has 1 amide bonds. The second-order valence-corrected chi connectivity index (χ2v) is 7.60. The molecule has 1 aliphatic heterocycles. The second-order valence-electron chi connectivity index (χ2n) is 7.60. The first kappa shape index (κ1) is 22.4. The summed E-state index contributed by atoms with van der Waals surface area (Å²) in [4.78, 5) is 28.0. The minimum atomic E-state index is -0.824. The molecule has 1 unspecified atom stereocenters. The fourth-order valence-electron chi connectivity index (χ4n) is 4.09. The quantitative estimate of drug-likeness (QED) is 0.387. The van der Waals surface area contributed by atoms with Gasteiger partial charge >= 0.3 is 0 Å². The van der Waals surface area contributed by atoms with Crippen LogP contribution in [0, 0.1) is 0 Å². The summed E-state index contributed by atoms with van der Waals surface area (Å²) >= 11 is 0. The number of hydrogen-bond donors (Lipinski definition) is 1. The average molecular weight is 451 g/mol. The Hall–Kier alpha value is -3.78. The zero-order valence-corrected chi connectivity index (χ0v) is 18.7. The lowest BCUT2D eigenvalue weighted by Gasteiger charge is -2.27. The van der Waals surface area contributed by atoms with E-state index in [2.05, 4.69) is 0 Å². The number of Topliss-reactive ketones (excluding diaryl/α,β-unsaturated/α-hetero) is 1. The molecular formula is C25H25NO7. The van der Waals surface area contributed by atoms with E-state index < -0.39 is 23.5 Å². The Morgan fingerprint density at radius 3 is 2.52 bits per heavy atom. The molecule has 2 aromatic carbocycles. The molecule has 4 rings (SSSR count). The van der Waals surface area contributed by atoms with E-state index in [0.717, 1.165) is 5.39 Å². The van der Waals surface area contributed by atoms with E-state index in [1.807, 2.05) is 12.1 Å². The van der Waals surface area contributed by atoms with Crippen LogP contribution in [-0.2, 0) is 9.53 Å². The highest BCUT2D eigenvalue weighted by Crippen LogP contribution is 2.42. The number of ketones is 1. The Balaban J connectivity index is 1.80. The molecule has 0 fully saturated rings. The van der Waals surface area contributed by atoms with Gasteiger partial charge in [0.1, 0.15) is 5.58 Å². The standard InChI is InChI=1S/C25H25NO7/c1-30-12-6-11-26-22(16-9-10-18(31-2)19(14-16)32-3)21(24(28)25(26)29)23(27)20-13-15-7-4-5-8-17(15)33-20/h4-5,7-10,13-14,22,28H,6,11-12H2,1-3H3. The van der Waals surface area contributed by atoms with Crippen LogP contribution in [0.3, 0.4) is 0 Å². The molecular weight excluding hydrogens is 426 g/mol. The number of ether oxygens (including phenoxy) is 3. The molecule has 1 atom stereocenters. The van der Waals surface area contributed by atoms with Crippen molar-refractivity contribution in [2.75, 3.05) is 34.5 Å². The highest BCUT2D eigenvalue weighted by molar-refractivity contribution is 6.16. The first-order chi connectivity index (χ1) is 16.0. The Kier molecular flexibility index (Phi) is 6.37. The van der Waals surface area contributed by atoms with E-state index in [9.17, 15) is 14.7 Å². The number of nitrogens with zero attached hydrogens (tertiary/aromatic N) is 1. The SMILES string of the molecule is COCCCN1C(=O)C(O)=C(C(=O)c2cc3ccccc3o2)C1c1ccc(OC)c(OC)c1. The lowest BCUT2D eigenvalue weighted by atomic mass is 9.94. The van der Waals surface area contributed by atoms with Crippen molar-refractivity contribution < 1.29 is 33.3 Å². The predicted molar refractivity (Wildman–Crippen MR) is 121 cm³/mol. The van der Waals surface area contributed by atoms with Crippen LogP contribution in [0.5, 0.6) is 11.5 Å². The molecule has 1 aromatic heterocycles. The Morgan fingerprint density at radius 2 is 1.82 bits per heavy atom. The van der Waals surface area contributed by atoms with Gasteiger partial charge in [0.2, 0.25) is 5.78 Å². The van der Waals surface area contributed by atoms with Crippen LogP contribution >= 0.6 is 0 Å². The Bertz CT molecular complexity index is 1190. The van der Waals surface area contributed by atoms with Crippen molar-refractivity contribution in [3.05, 3.63) is 71.2 Å². The molecule has 172 valence electrons. The molecule has 0 saturated heterocycles. The average Bonchev–Trinajstić information content (AvgIpc) is 3.38. The summed E-state index contributed by atoms with van der Waals surface area (Å²) in [7, 11) is 4.60. The number of benzene rings is 2. The molecule has 0 spiro atoms. The predicted octanol–water partition coefficient (Wildman–Crippen LogP) is 4.06. The van der Waals surface area contributed by atoms with Gasteiger partial charge in [0.05, 0.1) is 25.8 Å². The first-order valence-electron chi connectivity index (χ1n) is 10.5. The second kappa shape index (κ2) is 9.38. The van der Waals surface area contributed by atoms with Gasteiger partial charge in [-0.25, -0.2) is 0 Å². The zero-order chi connectivity index (χ0) is 23.5. The largest absolute Gasteiger partial charge is 0.503 e. The Labute approximate surface area is 191 Å². The van der Waals surface area contributed by atoms with Gasteiger partial charge in [-0.2, -0.15) is 0 Å². The smallest absolute Gasteiger partial charge is 0.290 e. The number of fused-ring (bicyclic) bond motifs is 1. The van der Waals surface area contributed by atoms with Gasteiger partial charge in [-0.1, -0.05) is 24.3 Å². The zero-order valence-electron chi connectivity index (χ0n) is 18.7. The number of aliphatic hydroxyl groups excluding tert-OH is 1. The van der Waals surface area contributed by atoms with Crippen LogP contribution in [0.2, 0.25) is 0 Å². The number of carbonyl (C=O) groups excluding carboxylic acids is 2. The molecule has 3 aromatic rings. The van der Waals surface area contributed by atoms with E-state index in [1.165, 1.54) is 19.1 Å². The van der Waals surface area contributed by atoms with Gasteiger partial charge in [0.15, 0.2) is 23.0 Å². The van der Waals surface area contributed by atoms with Gasteiger partial charge in [0, 0.05) is 25.6 Å². The highest BCUT2D eigenvalue weighted by atomic mass is 16.5. The van der Waals surface area contributed by atoms with Crippen LogP contribution in [-0.4, -0.2) is 56.2 Å². The third kappa shape index (κ3) is 4.05. The van der Waals surface area contributed by atoms with Gasteiger partial charge in [-0.3, -0.25) is 9.59 Å². The highest BCUT2D eigenvalue weighted by Gasteiger charge is 2.44. The van der Waals surface area contributed by atoms with Crippen LogP contribution in [0.15, 0.2) is 64.3 Å². The van der Waals surface area contributed by atoms with Crippen LogP contribution in [0.4, 0.5) is 0 Å². The molecule has 0 radical (unpaired) electrons. The number of carbonyl (C=O) groups is 2. The topological polar surface area (TPSA) is 98.4 Å². The maximum absolute atomic E-state index is 13.5. The van der Waals surface area contributed by atoms with Crippen molar-refractivity contribution in [2.45, 2.75) is 12.5 Å². The van der Waals surface area contributed by atoms with Gasteiger partial charge in [-0.15, -0.1) is 0 Å². The number of amides is 1. The van der Waals surface area contributed by atoms with Gasteiger partial charge in [0.25, 0.3) is 5.91 Å². The number of hydrogen-bond acceptors (Lipinski definition) is 7. The van der Waals surface area contributed by atoms with Gasteiger partial charge < -0.3 is 28.6 Å². The minimum Gasteiger partial charge on any atom is -0.503 e. The summed E-state index contributed by atoms with van der Waals surface area (Å²) in [6.45, 7) is 0.711. The Morgan fingerprint density at radius 1 is 1.06 bits per heavy atom. The maximum atomic E-state index is 13.5. The molecule has 8 heteroatoms. The third-order valence-electron chi connectivity index (χ3n) is 5.67. The van der Waals surface area contributed by atoms with Crippen molar-refractivity contribution >= 4 is 22.7 Å². The summed E-state index contributed by atoms with van der Waals surface area (Å²) in [5, 5.41) is 11.5. The number of aliphatic hydroxyl groups is 1. The molecule has 33 heavy (non-hydrogen) atoms. The number of rotatable bonds is 9. The van der Waals surface area contributed by atoms with Crippen molar-refractivity contribution in [3.8, 4) is 11.5 Å². The first-order valence-corrected chi connectivity index (χ1v) is 10.5. The lowest BCUT2D eigenvalue weighted by molar-refractivity contribution is -0.129. The van der Waals surface area contributed by atoms with Crippen LogP contribution < -0.4 is 9.47 Å². The fourth-order valence-corrected chi connectivity index (χ4v) is 4.09. The summed E-state index contributed by atoms with van der Waals surface area (Å²) in [6, 6.07) is 13.2. The maximum Gasteiger partial charge on any atom is 0.290 e. The van der Waals surface area contributed by atoms with E-state index in [4.69, 9.17) is 18.6 Å². The normalized spacial score (nSPS) is 16.0. The van der Waals surface area contributed by atoms with Crippen molar-refractivity contribution in [1.82, 2.24) is 4.90 Å². The van der Waals surface area contributed by atoms with Crippen molar-refractivity contribution in [1.29, 1.82) is 0 Å². The van der Waals surface area contributed by atoms with Gasteiger partial charge in [-0.05, 0) is 36.2 Å². The van der Waals surface area contributed by atoms with E-state index in [1.54, 1.807) is 43.5 Å². The monoisotopic (exact) mass is 451 g/mol. The summed E-state index contributed by atoms with van der Waals surface area (Å²) < 4.78 is 21.6. The summed E-state index contributed by atoms with van der Waals surface area (Å²) in [6.07, 6.45) is 0.533. The van der Waals surface area contributed by atoms with E-state index in [0.29, 0.717) is 35.7 Å². The van der Waals surface area contributed by atoms with Crippen molar-refractivity contribution in [2.24, 2.45) is 0 Å². The van der Waals surface area contributed by atoms with Crippen LogP contribution in [0.25, 0.3) is 11.0 Å². The summed E-state index contributed by atoms with van der Waals surface area (Å²) in [5.74, 6) is -0.750. The molecule has 0 saturated carbocycles. The third-order valence-corrected chi connectivity index (χ3v) is 5.67. The number of furan rings is 1. The fraction of sp³-hybridized carbons (Fsp3) is 0.280. The molecule has 1 N–H and O–H groups in total. The lowest BCUT2D eigenvalue weighted by Crippen LogP contribution is -2.32. The number of para-hydroxylation sites is 1. The van der Waals surface area contributed by atoms with E-state index in [-0.39, 0.29) is 17.9 Å². The molecule has 8 nitrogen and oxygen atoms in total.